The van der Waals surface area contributed by atoms with Gasteiger partial charge in [0.25, 0.3) is 5.91 Å². The lowest BCUT2D eigenvalue weighted by Crippen LogP contribution is -2.48. The number of hydrogen-bond acceptors (Lipinski definition) is 3. The third-order valence-corrected chi connectivity index (χ3v) is 6.11. The van der Waals surface area contributed by atoms with Crippen LogP contribution in [0.2, 0.25) is 0 Å². The normalized spacial score (nSPS) is 33.6. The van der Waals surface area contributed by atoms with Gasteiger partial charge >= 0.3 is 6.03 Å². The van der Waals surface area contributed by atoms with Crippen molar-refractivity contribution >= 4 is 17.8 Å². The molecule has 1 aromatic rings. The van der Waals surface area contributed by atoms with Crippen LogP contribution in [0.3, 0.4) is 0 Å². The van der Waals surface area contributed by atoms with Gasteiger partial charge in [0, 0.05) is 6.42 Å². The van der Waals surface area contributed by atoms with Gasteiger partial charge in [-0.2, -0.15) is 5.01 Å². The van der Waals surface area contributed by atoms with E-state index in [1.165, 1.54) is 19.3 Å². The number of fused-ring (bicyclic) bond motifs is 2. The van der Waals surface area contributed by atoms with E-state index in [1.54, 1.807) is 19.1 Å². The molecule has 3 fully saturated rings. The summed E-state index contributed by atoms with van der Waals surface area (Å²) in [6.45, 7) is 1.66. The number of amides is 4. The molecule has 1 aromatic carbocycles. The molecule has 1 aliphatic heterocycles. The van der Waals surface area contributed by atoms with Crippen LogP contribution in [0, 0.1) is 17.8 Å². The molecule has 25 heavy (non-hydrogen) atoms. The Bertz CT molecular complexity index is 720. The van der Waals surface area contributed by atoms with Crippen molar-refractivity contribution in [2.45, 2.75) is 44.6 Å². The van der Waals surface area contributed by atoms with Crippen LogP contribution >= 0.6 is 0 Å². The molecule has 2 N–H and O–H groups in total. The molecule has 6 heteroatoms. The van der Waals surface area contributed by atoms with Crippen LogP contribution in [-0.4, -0.2) is 22.9 Å². The summed E-state index contributed by atoms with van der Waals surface area (Å²) in [5.74, 6) is 1.08. The average molecular weight is 341 g/mol. The minimum atomic E-state index is -1.15. The van der Waals surface area contributed by atoms with Crippen LogP contribution in [0.25, 0.3) is 0 Å². The number of rotatable bonds is 4. The number of benzene rings is 1. The van der Waals surface area contributed by atoms with Crippen LogP contribution in [0.5, 0.6) is 0 Å². The molecule has 3 aliphatic rings. The van der Waals surface area contributed by atoms with Gasteiger partial charge in [0.05, 0.1) is 0 Å². The van der Waals surface area contributed by atoms with E-state index < -0.39 is 17.5 Å². The molecular formula is C19H23N3O3. The molecule has 2 aliphatic carbocycles. The Kier molecular flexibility index (Phi) is 3.78. The minimum absolute atomic E-state index is 0.252. The minimum Gasteiger partial charge on any atom is -0.318 e. The van der Waals surface area contributed by atoms with Crippen LogP contribution in [-0.2, 0) is 15.1 Å². The summed E-state index contributed by atoms with van der Waals surface area (Å²) in [6, 6.07) is 8.48. The molecule has 6 nitrogen and oxygen atoms in total. The SMILES string of the molecule is C[C@]1(c2ccccc2)NC(=O)N(NC(=O)C[C@@H]2C[C@H]3CC[C@H]2C3)C1=O. The second-order valence-electron chi connectivity index (χ2n) is 7.74. The van der Waals surface area contributed by atoms with E-state index in [9.17, 15) is 14.4 Å². The first-order valence-electron chi connectivity index (χ1n) is 8.99. The maximum Gasteiger partial charge on any atom is 0.344 e. The van der Waals surface area contributed by atoms with E-state index in [4.69, 9.17) is 0 Å². The van der Waals surface area contributed by atoms with Gasteiger partial charge in [0.1, 0.15) is 5.54 Å². The van der Waals surface area contributed by atoms with Gasteiger partial charge < -0.3 is 5.32 Å². The number of nitrogens with one attached hydrogen (secondary N) is 2. The highest BCUT2D eigenvalue weighted by Gasteiger charge is 2.50. The fourth-order valence-corrected chi connectivity index (χ4v) is 4.74. The number of nitrogens with zero attached hydrogens (tertiary/aromatic N) is 1. The molecule has 132 valence electrons. The van der Waals surface area contributed by atoms with Crippen molar-refractivity contribution in [1.29, 1.82) is 0 Å². The summed E-state index contributed by atoms with van der Waals surface area (Å²) in [5.41, 5.74) is 2.06. The third-order valence-electron chi connectivity index (χ3n) is 6.11. The molecule has 4 rings (SSSR count). The highest BCUT2D eigenvalue weighted by Crippen LogP contribution is 2.49. The van der Waals surface area contributed by atoms with Crippen LogP contribution in [0.1, 0.15) is 44.6 Å². The van der Waals surface area contributed by atoms with E-state index in [0.717, 1.165) is 17.3 Å². The average Bonchev–Trinajstić information content (AvgIpc) is 3.27. The summed E-state index contributed by atoms with van der Waals surface area (Å²) < 4.78 is 0. The third kappa shape index (κ3) is 2.69. The maximum absolute atomic E-state index is 12.8. The zero-order valence-corrected chi connectivity index (χ0v) is 14.3. The van der Waals surface area contributed by atoms with Crippen molar-refractivity contribution in [2.24, 2.45) is 17.8 Å². The number of imide groups is 1. The predicted molar refractivity (Wildman–Crippen MR) is 90.9 cm³/mol. The maximum atomic E-state index is 12.8. The molecule has 1 heterocycles. The zero-order valence-electron chi connectivity index (χ0n) is 14.3. The van der Waals surface area contributed by atoms with E-state index in [1.807, 2.05) is 18.2 Å². The Morgan fingerprint density at radius 2 is 2.00 bits per heavy atom. The van der Waals surface area contributed by atoms with Crippen molar-refractivity contribution in [3.8, 4) is 0 Å². The zero-order chi connectivity index (χ0) is 17.6. The summed E-state index contributed by atoms with van der Waals surface area (Å²) in [7, 11) is 0. The number of urea groups is 1. The fraction of sp³-hybridized carbons (Fsp3) is 0.526. The van der Waals surface area contributed by atoms with Crippen LogP contribution < -0.4 is 10.7 Å². The first kappa shape index (κ1) is 16.1. The Morgan fingerprint density at radius 3 is 2.64 bits per heavy atom. The van der Waals surface area contributed by atoms with Crippen LogP contribution in [0.4, 0.5) is 4.79 Å². The molecule has 2 saturated carbocycles. The first-order valence-corrected chi connectivity index (χ1v) is 8.99. The smallest absolute Gasteiger partial charge is 0.318 e. The molecule has 0 unspecified atom stereocenters. The van der Waals surface area contributed by atoms with Crippen molar-refractivity contribution in [3.63, 3.8) is 0 Å². The van der Waals surface area contributed by atoms with E-state index >= 15 is 0 Å². The predicted octanol–water partition coefficient (Wildman–Crippen LogP) is 2.31. The summed E-state index contributed by atoms with van der Waals surface area (Å²) in [6.07, 6.45) is 5.20. The van der Waals surface area contributed by atoms with E-state index in [-0.39, 0.29) is 5.91 Å². The fourth-order valence-electron chi connectivity index (χ4n) is 4.74. The lowest BCUT2D eigenvalue weighted by atomic mass is 9.86. The topological polar surface area (TPSA) is 78.5 Å². The van der Waals surface area contributed by atoms with Gasteiger partial charge in [-0.05, 0) is 49.5 Å². The molecule has 4 atom stereocenters. The molecule has 2 bridgehead atoms. The van der Waals surface area contributed by atoms with Gasteiger partial charge in [-0.25, -0.2) is 4.79 Å². The van der Waals surface area contributed by atoms with Crippen molar-refractivity contribution in [2.75, 3.05) is 0 Å². The monoisotopic (exact) mass is 341 g/mol. The Balaban J connectivity index is 1.43. The van der Waals surface area contributed by atoms with Crippen molar-refractivity contribution in [3.05, 3.63) is 35.9 Å². The number of carbonyl (C=O) groups is 3. The molecule has 4 amide bonds. The lowest BCUT2D eigenvalue weighted by Gasteiger charge is -2.23. The van der Waals surface area contributed by atoms with Gasteiger partial charge in [-0.3, -0.25) is 15.0 Å². The second-order valence-corrected chi connectivity index (χ2v) is 7.74. The van der Waals surface area contributed by atoms with Crippen LogP contribution in [0.15, 0.2) is 30.3 Å². The van der Waals surface area contributed by atoms with Gasteiger partial charge in [-0.1, -0.05) is 36.8 Å². The van der Waals surface area contributed by atoms with E-state index in [2.05, 4.69) is 10.7 Å². The lowest BCUT2D eigenvalue weighted by molar-refractivity contribution is -0.139. The van der Waals surface area contributed by atoms with Crippen molar-refractivity contribution < 1.29 is 14.4 Å². The highest BCUT2D eigenvalue weighted by molar-refractivity contribution is 6.08. The molecular weight excluding hydrogens is 318 g/mol. The van der Waals surface area contributed by atoms with Gasteiger partial charge in [0.15, 0.2) is 0 Å². The Morgan fingerprint density at radius 1 is 1.24 bits per heavy atom. The molecule has 0 spiro atoms. The van der Waals surface area contributed by atoms with Gasteiger partial charge in [0.2, 0.25) is 5.91 Å². The largest absolute Gasteiger partial charge is 0.344 e. The summed E-state index contributed by atoms with van der Waals surface area (Å²) in [4.78, 5) is 37.4. The summed E-state index contributed by atoms with van der Waals surface area (Å²) in [5, 5.41) is 3.53. The molecule has 1 saturated heterocycles. The summed E-state index contributed by atoms with van der Waals surface area (Å²) >= 11 is 0. The second kappa shape index (κ2) is 5.86. The van der Waals surface area contributed by atoms with Crippen molar-refractivity contribution in [1.82, 2.24) is 15.8 Å². The number of carbonyl (C=O) groups excluding carboxylic acids is 3. The molecule has 0 aromatic heterocycles. The highest BCUT2D eigenvalue weighted by atomic mass is 16.2. The van der Waals surface area contributed by atoms with E-state index in [0.29, 0.717) is 23.8 Å². The molecule has 0 radical (unpaired) electrons. The Labute approximate surface area is 146 Å². The first-order chi connectivity index (χ1) is 12.0. The number of hydrogen-bond donors (Lipinski definition) is 2. The Hall–Kier alpha value is -2.37. The van der Waals surface area contributed by atoms with Gasteiger partial charge in [-0.15, -0.1) is 0 Å². The number of hydrazine groups is 1. The standard InChI is InChI=1S/C19H23N3O3/c1-19(15-5-3-2-4-6-15)17(24)22(18(25)20-19)21-16(23)11-14-10-12-7-8-13(14)9-12/h2-6,12-14H,7-11H2,1H3,(H,20,25)(H,21,23)/t12-,13-,14-,19+/m0/s1. The quantitative estimate of drug-likeness (QED) is 0.825.